The van der Waals surface area contributed by atoms with Gasteiger partial charge in [0.05, 0.1) is 24.4 Å². The first-order valence-corrected chi connectivity index (χ1v) is 10.8. The van der Waals surface area contributed by atoms with Gasteiger partial charge in [-0.2, -0.15) is 0 Å². The molecule has 0 bridgehead atoms. The van der Waals surface area contributed by atoms with E-state index in [0.29, 0.717) is 29.5 Å². The number of carbonyl (C=O) groups is 2. The number of hydrazine groups is 1. The molecule has 8 nitrogen and oxygen atoms in total. The Labute approximate surface area is 190 Å². The molecule has 0 aliphatic rings. The minimum absolute atomic E-state index is 0.110. The second kappa shape index (κ2) is 11.2. The zero-order valence-electron chi connectivity index (χ0n) is 17.8. The predicted octanol–water partition coefficient (Wildman–Crippen LogP) is 3.02. The molecular weight excluding hydrogens is 428 g/mol. The molecule has 3 rings (SSSR count). The molecule has 0 saturated heterocycles. The number of H-pyrrole nitrogens is 1. The van der Waals surface area contributed by atoms with Crippen LogP contribution in [0.2, 0.25) is 0 Å². The SMILES string of the molecule is COc1ccc(CC(=O)NNC(=O)CCCCCn2c(=S)[nH]c3ccccc3c2=O)cc1. The van der Waals surface area contributed by atoms with E-state index < -0.39 is 0 Å². The van der Waals surface area contributed by atoms with E-state index in [4.69, 9.17) is 17.0 Å². The zero-order chi connectivity index (χ0) is 22.9. The number of nitrogens with zero attached hydrogens (tertiary/aromatic N) is 1. The first-order valence-electron chi connectivity index (χ1n) is 10.4. The zero-order valence-corrected chi connectivity index (χ0v) is 18.7. The number of ether oxygens (including phenoxy) is 1. The number of carbonyl (C=O) groups excluding carboxylic acids is 2. The van der Waals surface area contributed by atoms with E-state index in [1.807, 2.05) is 18.2 Å². The van der Waals surface area contributed by atoms with Crippen molar-refractivity contribution in [3.05, 3.63) is 69.2 Å². The fourth-order valence-corrected chi connectivity index (χ4v) is 3.59. The number of rotatable bonds is 9. The first-order chi connectivity index (χ1) is 15.5. The van der Waals surface area contributed by atoms with E-state index >= 15 is 0 Å². The van der Waals surface area contributed by atoms with Crippen molar-refractivity contribution in [3.63, 3.8) is 0 Å². The van der Waals surface area contributed by atoms with Crippen LogP contribution >= 0.6 is 12.2 Å². The summed E-state index contributed by atoms with van der Waals surface area (Å²) in [4.78, 5) is 39.6. The van der Waals surface area contributed by atoms with Gasteiger partial charge < -0.3 is 9.72 Å². The van der Waals surface area contributed by atoms with Crippen LogP contribution in [0, 0.1) is 4.77 Å². The smallest absolute Gasteiger partial charge is 0.262 e. The van der Waals surface area contributed by atoms with Gasteiger partial charge in [0.15, 0.2) is 4.77 Å². The number of unbranched alkanes of at least 4 members (excludes halogenated alkanes) is 2. The average Bonchev–Trinajstić information content (AvgIpc) is 2.80. The van der Waals surface area contributed by atoms with Crippen molar-refractivity contribution >= 4 is 34.9 Å². The number of hydrogen-bond donors (Lipinski definition) is 3. The highest BCUT2D eigenvalue weighted by Gasteiger charge is 2.07. The third-order valence-electron chi connectivity index (χ3n) is 5.04. The maximum absolute atomic E-state index is 12.6. The van der Waals surface area contributed by atoms with E-state index in [1.165, 1.54) is 0 Å². The molecule has 0 aliphatic carbocycles. The van der Waals surface area contributed by atoms with Crippen molar-refractivity contribution in [3.8, 4) is 5.75 Å². The predicted molar refractivity (Wildman–Crippen MR) is 125 cm³/mol. The van der Waals surface area contributed by atoms with Gasteiger partial charge in [0.25, 0.3) is 5.56 Å². The number of hydrogen-bond acceptors (Lipinski definition) is 5. The molecule has 0 spiro atoms. The van der Waals surface area contributed by atoms with Crippen LogP contribution in [0.4, 0.5) is 0 Å². The highest BCUT2D eigenvalue weighted by molar-refractivity contribution is 7.71. The summed E-state index contributed by atoms with van der Waals surface area (Å²) in [5.74, 6) is 0.164. The van der Waals surface area contributed by atoms with Gasteiger partial charge in [-0.25, -0.2) is 0 Å². The van der Waals surface area contributed by atoms with Crippen LogP contribution in [-0.4, -0.2) is 28.5 Å². The molecule has 168 valence electrons. The Morgan fingerprint density at radius 3 is 2.47 bits per heavy atom. The van der Waals surface area contributed by atoms with Gasteiger partial charge in [-0.15, -0.1) is 0 Å². The summed E-state index contributed by atoms with van der Waals surface area (Å²) in [6, 6.07) is 14.4. The van der Waals surface area contributed by atoms with E-state index in [1.54, 1.807) is 42.0 Å². The van der Waals surface area contributed by atoms with Gasteiger partial charge in [-0.05, 0) is 54.9 Å². The van der Waals surface area contributed by atoms with Crippen LogP contribution in [-0.2, 0) is 22.6 Å². The van der Waals surface area contributed by atoms with Crippen molar-refractivity contribution in [2.45, 2.75) is 38.6 Å². The van der Waals surface area contributed by atoms with Crippen molar-refractivity contribution in [1.29, 1.82) is 0 Å². The third-order valence-corrected chi connectivity index (χ3v) is 5.36. The summed E-state index contributed by atoms with van der Waals surface area (Å²) in [7, 11) is 1.58. The fourth-order valence-electron chi connectivity index (χ4n) is 3.31. The summed E-state index contributed by atoms with van der Waals surface area (Å²) >= 11 is 5.30. The summed E-state index contributed by atoms with van der Waals surface area (Å²) in [5, 5.41) is 0.603. The molecule has 3 aromatic rings. The molecule has 2 amide bonds. The second-order valence-electron chi connectivity index (χ2n) is 7.36. The van der Waals surface area contributed by atoms with Crippen LogP contribution in [0.5, 0.6) is 5.75 Å². The van der Waals surface area contributed by atoms with Gasteiger partial charge in [0.1, 0.15) is 5.75 Å². The number of aromatic amines is 1. The summed E-state index contributed by atoms with van der Waals surface area (Å²) in [5.41, 5.74) is 6.29. The van der Waals surface area contributed by atoms with E-state index in [2.05, 4.69) is 15.8 Å². The molecule has 0 atom stereocenters. The Bertz CT molecular complexity index is 1200. The molecule has 0 radical (unpaired) electrons. The van der Waals surface area contributed by atoms with Gasteiger partial charge in [0.2, 0.25) is 11.8 Å². The van der Waals surface area contributed by atoms with Crippen molar-refractivity contribution in [2.75, 3.05) is 7.11 Å². The Morgan fingerprint density at radius 1 is 1.00 bits per heavy atom. The number of amides is 2. The molecular formula is C23H26N4O4S. The van der Waals surface area contributed by atoms with Crippen molar-refractivity contribution in [2.24, 2.45) is 0 Å². The minimum Gasteiger partial charge on any atom is -0.497 e. The monoisotopic (exact) mass is 454 g/mol. The summed E-state index contributed by atoms with van der Waals surface area (Å²) in [6.45, 7) is 0.485. The van der Waals surface area contributed by atoms with E-state index in [-0.39, 0.29) is 30.2 Å². The molecule has 0 unspecified atom stereocenters. The molecule has 0 fully saturated rings. The van der Waals surface area contributed by atoms with E-state index in [0.717, 1.165) is 23.3 Å². The number of methoxy groups -OCH3 is 1. The standard InChI is InChI=1S/C23H26N4O4S/c1-31-17-12-10-16(11-13-17)15-21(29)26-25-20(28)9-3-2-6-14-27-22(30)18-7-4-5-8-19(18)24-23(27)32/h4-5,7-8,10-13H,2-3,6,9,14-15H2,1H3,(H,24,32)(H,25,28)(H,26,29). The number of aromatic nitrogens is 2. The average molecular weight is 455 g/mol. The third kappa shape index (κ3) is 6.27. The Kier molecular flexibility index (Phi) is 8.15. The summed E-state index contributed by atoms with van der Waals surface area (Å²) < 4.78 is 7.03. The van der Waals surface area contributed by atoms with Crippen LogP contribution in [0.25, 0.3) is 10.9 Å². The number of benzene rings is 2. The first kappa shape index (κ1) is 23.2. The summed E-state index contributed by atoms with van der Waals surface area (Å²) in [6.07, 6.45) is 2.54. The number of fused-ring (bicyclic) bond motifs is 1. The quantitative estimate of drug-likeness (QED) is 0.262. The lowest BCUT2D eigenvalue weighted by Crippen LogP contribution is -2.42. The topological polar surface area (TPSA) is 105 Å². The lowest BCUT2D eigenvalue weighted by atomic mass is 10.1. The highest BCUT2D eigenvalue weighted by atomic mass is 32.1. The maximum Gasteiger partial charge on any atom is 0.262 e. The van der Waals surface area contributed by atoms with Crippen LogP contribution in [0.15, 0.2) is 53.3 Å². The molecule has 2 aromatic carbocycles. The highest BCUT2D eigenvalue weighted by Crippen LogP contribution is 2.11. The Balaban J connectivity index is 1.36. The van der Waals surface area contributed by atoms with Crippen molar-refractivity contribution < 1.29 is 14.3 Å². The normalized spacial score (nSPS) is 10.7. The van der Waals surface area contributed by atoms with Gasteiger partial charge in [-0.3, -0.25) is 29.8 Å². The van der Waals surface area contributed by atoms with E-state index in [9.17, 15) is 14.4 Å². The largest absolute Gasteiger partial charge is 0.497 e. The molecule has 1 aromatic heterocycles. The second-order valence-corrected chi connectivity index (χ2v) is 7.75. The van der Waals surface area contributed by atoms with Crippen molar-refractivity contribution in [1.82, 2.24) is 20.4 Å². The van der Waals surface area contributed by atoms with Crippen LogP contribution in [0.3, 0.4) is 0 Å². The number of para-hydroxylation sites is 1. The van der Waals surface area contributed by atoms with Gasteiger partial charge >= 0.3 is 0 Å². The molecule has 0 saturated carbocycles. The van der Waals surface area contributed by atoms with Crippen LogP contribution in [0.1, 0.15) is 31.2 Å². The van der Waals surface area contributed by atoms with Crippen LogP contribution < -0.4 is 21.1 Å². The minimum atomic E-state index is -0.298. The Morgan fingerprint density at radius 2 is 1.72 bits per heavy atom. The van der Waals surface area contributed by atoms with Gasteiger partial charge in [-0.1, -0.05) is 30.7 Å². The maximum atomic E-state index is 12.6. The lowest BCUT2D eigenvalue weighted by molar-refractivity contribution is -0.128. The molecule has 3 N–H and O–H groups in total. The molecule has 32 heavy (non-hydrogen) atoms. The number of nitrogens with one attached hydrogen (secondary N) is 3. The molecule has 0 aliphatic heterocycles. The molecule has 9 heteroatoms. The van der Waals surface area contributed by atoms with Gasteiger partial charge in [0, 0.05) is 13.0 Å². The fraction of sp³-hybridized carbons (Fsp3) is 0.304. The Hall–Kier alpha value is -3.46. The lowest BCUT2D eigenvalue weighted by Gasteiger charge is -2.09. The molecule has 1 heterocycles.